The zero-order chi connectivity index (χ0) is 12.6. The van der Waals surface area contributed by atoms with Gasteiger partial charge in [0.15, 0.2) is 0 Å². The minimum absolute atomic E-state index is 0.168. The first-order valence-corrected chi connectivity index (χ1v) is 6.03. The van der Waals surface area contributed by atoms with Crippen molar-refractivity contribution in [3.63, 3.8) is 0 Å². The lowest BCUT2D eigenvalue weighted by atomic mass is 10.2. The molecule has 0 saturated heterocycles. The summed E-state index contributed by atoms with van der Waals surface area (Å²) in [5.74, 6) is 0.120. The molecule has 1 fully saturated rings. The smallest absolute Gasteiger partial charge is 0.230 e. The normalized spacial score (nSPS) is 20.8. The number of amides is 1. The zero-order valence-electron chi connectivity index (χ0n) is 9.59. The Morgan fingerprint density at radius 2 is 2.18 bits per heavy atom. The molecule has 0 radical (unpaired) electrons. The van der Waals surface area contributed by atoms with Crippen molar-refractivity contribution in [1.29, 1.82) is 0 Å². The quantitative estimate of drug-likeness (QED) is 0.860. The Morgan fingerprint density at radius 3 is 2.71 bits per heavy atom. The minimum Gasteiger partial charge on any atom is -0.495 e. The summed E-state index contributed by atoms with van der Waals surface area (Å²) in [6, 6.07) is 5.58. The van der Waals surface area contributed by atoms with Crippen molar-refractivity contribution in [2.24, 2.45) is 5.92 Å². The third-order valence-corrected chi connectivity index (χ3v) is 3.59. The fourth-order valence-electron chi connectivity index (χ4n) is 1.64. The number of anilines is 1. The van der Waals surface area contributed by atoms with Gasteiger partial charge in [-0.15, -0.1) is 23.2 Å². The molecular weight excluding hydrogens is 261 g/mol. The number of hydrogen-bond acceptors (Lipinski definition) is 2. The molecule has 0 bridgehead atoms. The summed E-state index contributed by atoms with van der Waals surface area (Å²) >= 11 is 11.7. The molecule has 0 aliphatic heterocycles. The van der Waals surface area contributed by atoms with E-state index < -0.39 is 4.33 Å². The van der Waals surface area contributed by atoms with Crippen LogP contribution >= 0.6 is 23.2 Å². The van der Waals surface area contributed by atoms with E-state index in [-0.39, 0.29) is 11.8 Å². The van der Waals surface area contributed by atoms with Crippen LogP contribution in [0.4, 0.5) is 5.69 Å². The second-order valence-electron chi connectivity index (χ2n) is 4.21. The van der Waals surface area contributed by atoms with Gasteiger partial charge >= 0.3 is 0 Å². The van der Waals surface area contributed by atoms with Gasteiger partial charge in [-0.2, -0.15) is 0 Å². The number of halogens is 2. The Hall–Kier alpha value is -0.930. The summed E-state index contributed by atoms with van der Waals surface area (Å²) < 4.78 is 4.27. The van der Waals surface area contributed by atoms with Crippen LogP contribution in [0.25, 0.3) is 0 Å². The molecular formula is C12H13Cl2NO2. The van der Waals surface area contributed by atoms with E-state index >= 15 is 0 Å². The van der Waals surface area contributed by atoms with Crippen molar-refractivity contribution >= 4 is 34.8 Å². The lowest BCUT2D eigenvalue weighted by Gasteiger charge is -2.11. The molecule has 3 nitrogen and oxygen atoms in total. The van der Waals surface area contributed by atoms with Crippen LogP contribution in [0, 0.1) is 12.8 Å². The van der Waals surface area contributed by atoms with Crippen LogP contribution in [0.5, 0.6) is 5.75 Å². The highest BCUT2D eigenvalue weighted by molar-refractivity contribution is 6.52. The summed E-state index contributed by atoms with van der Waals surface area (Å²) in [6.45, 7) is 1.94. The third-order valence-electron chi connectivity index (χ3n) is 2.76. The lowest BCUT2D eigenvalue weighted by molar-refractivity contribution is -0.117. The molecule has 17 heavy (non-hydrogen) atoms. The Balaban J connectivity index is 2.13. The van der Waals surface area contributed by atoms with E-state index in [2.05, 4.69) is 5.32 Å². The second-order valence-corrected chi connectivity index (χ2v) is 5.75. The van der Waals surface area contributed by atoms with Gasteiger partial charge in [-0.3, -0.25) is 4.79 Å². The fraction of sp³-hybridized carbons (Fsp3) is 0.417. The summed E-state index contributed by atoms with van der Waals surface area (Å²) in [5.41, 5.74) is 1.69. The van der Waals surface area contributed by atoms with Gasteiger partial charge in [-0.1, -0.05) is 6.07 Å². The summed E-state index contributed by atoms with van der Waals surface area (Å²) in [7, 11) is 1.56. The largest absolute Gasteiger partial charge is 0.495 e. The van der Waals surface area contributed by atoms with Gasteiger partial charge in [0.25, 0.3) is 0 Å². The van der Waals surface area contributed by atoms with Crippen LogP contribution in [0.15, 0.2) is 18.2 Å². The summed E-state index contributed by atoms with van der Waals surface area (Å²) in [4.78, 5) is 11.8. The average molecular weight is 274 g/mol. The van der Waals surface area contributed by atoms with E-state index in [0.29, 0.717) is 17.9 Å². The molecule has 0 aromatic heterocycles. The first-order chi connectivity index (χ1) is 7.94. The van der Waals surface area contributed by atoms with Gasteiger partial charge in [0.2, 0.25) is 5.91 Å². The second kappa shape index (κ2) is 4.39. The first kappa shape index (κ1) is 12.5. The number of alkyl halides is 2. The third kappa shape index (κ3) is 2.67. The summed E-state index contributed by atoms with van der Waals surface area (Å²) in [6.07, 6.45) is 0.496. The van der Waals surface area contributed by atoms with E-state index in [1.54, 1.807) is 7.11 Å². The Labute approximate surface area is 110 Å². The lowest BCUT2D eigenvalue weighted by Crippen LogP contribution is -2.17. The molecule has 1 aromatic carbocycles. The predicted octanol–water partition coefficient (Wildman–Crippen LogP) is 3.14. The van der Waals surface area contributed by atoms with E-state index in [0.717, 1.165) is 5.56 Å². The van der Waals surface area contributed by atoms with E-state index in [4.69, 9.17) is 27.9 Å². The highest BCUT2D eigenvalue weighted by atomic mass is 35.5. The summed E-state index contributed by atoms with van der Waals surface area (Å²) in [5, 5.41) is 2.79. The standard InChI is InChI=1S/C12H13Cl2NO2/c1-7-3-4-10(17-2)9(5-7)15-11(16)8-6-12(8,13)14/h3-5,8H,6H2,1-2H3,(H,15,16)/t8-/m1/s1. The number of carbonyl (C=O) groups excluding carboxylic acids is 1. The van der Waals surface area contributed by atoms with Gasteiger partial charge in [-0.25, -0.2) is 0 Å². The Bertz CT molecular complexity index is 460. The molecule has 5 heteroatoms. The first-order valence-electron chi connectivity index (χ1n) is 5.27. The van der Waals surface area contributed by atoms with Gasteiger partial charge in [0.05, 0.1) is 18.7 Å². The van der Waals surface area contributed by atoms with Crippen molar-refractivity contribution in [3.05, 3.63) is 23.8 Å². The molecule has 1 aliphatic carbocycles. The van der Waals surface area contributed by atoms with E-state index in [1.165, 1.54) is 0 Å². The fourth-order valence-corrected chi connectivity index (χ4v) is 2.14. The zero-order valence-corrected chi connectivity index (χ0v) is 11.1. The number of carbonyl (C=O) groups is 1. The van der Waals surface area contributed by atoms with E-state index in [1.807, 2.05) is 25.1 Å². The van der Waals surface area contributed by atoms with Crippen molar-refractivity contribution in [1.82, 2.24) is 0 Å². The minimum atomic E-state index is -0.902. The highest BCUT2D eigenvalue weighted by Gasteiger charge is 2.56. The van der Waals surface area contributed by atoms with Crippen LogP contribution in [-0.2, 0) is 4.79 Å². The molecule has 1 N–H and O–H groups in total. The van der Waals surface area contributed by atoms with Crippen molar-refractivity contribution < 1.29 is 9.53 Å². The molecule has 0 spiro atoms. The highest BCUT2D eigenvalue weighted by Crippen LogP contribution is 2.53. The van der Waals surface area contributed by atoms with Crippen LogP contribution in [0.3, 0.4) is 0 Å². The number of nitrogens with one attached hydrogen (secondary N) is 1. The topological polar surface area (TPSA) is 38.3 Å². The van der Waals surface area contributed by atoms with Gasteiger partial charge in [0, 0.05) is 0 Å². The number of aryl methyl sites for hydroxylation is 1. The van der Waals surface area contributed by atoms with Gasteiger partial charge in [0.1, 0.15) is 10.1 Å². The molecule has 0 unspecified atom stereocenters. The molecule has 1 aliphatic rings. The SMILES string of the molecule is COc1ccc(C)cc1NC(=O)[C@H]1CC1(Cl)Cl. The van der Waals surface area contributed by atoms with Gasteiger partial charge in [-0.05, 0) is 31.0 Å². The Morgan fingerprint density at radius 1 is 1.53 bits per heavy atom. The van der Waals surface area contributed by atoms with Crippen molar-refractivity contribution in [3.8, 4) is 5.75 Å². The maximum absolute atomic E-state index is 11.8. The molecule has 92 valence electrons. The van der Waals surface area contributed by atoms with Crippen molar-refractivity contribution in [2.75, 3.05) is 12.4 Å². The maximum Gasteiger partial charge on any atom is 0.230 e. The van der Waals surface area contributed by atoms with Crippen LogP contribution in [-0.4, -0.2) is 17.4 Å². The van der Waals surface area contributed by atoms with E-state index in [9.17, 15) is 4.79 Å². The number of ether oxygens (including phenoxy) is 1. The molecule has 2 rings (SSSR count). The Kier molecular flexibility index (Phi) is 3.23. The predicted molar refractivity (Wildman–Crippen MR) is 68.9 cm³/mol. The number of rotatable bonds is 3. The van der Waals surface area contributed by atoms with Crippen LogP contribution < -0.4 is 10.1 Å². The number of hydrogen-bond donors (Lipinski definition) is 1. The average Bonchev–Trinajstić information content (AvgIpc) is 2.88. The van der Waals surface area contributed by atoms with Crippen molar-refractivity contribution in [2.45, 2.75) is 17.7 Å². The number of methoxy groups -OCH3 is 1. The molecule has 1 saturated carbocycles. The monoisotopic (exact) mass is 273 g/mol. The molecule has 1 aromatic rings. The molecule has 0 heterocycles. The van der Waals surface area contributed by atoms with Crippen LogP contribution in [0.2, 0.25) is 0 Å². The number of benzene rings is 1. The van der Waals surface area contributed by atoms with Gasteiger partial charge < -0.3 is 10.1 Å². The molecule has 1 amide bonds. The molecule has 1 atom stereocenters. The van der Waals surface area contributed by atoms with Crippen LogP contribution in [0.1, 0.15) is 12.0 Å². The maximum atomic E-state index is 11.8.